The second kappa shape index (κ2) is 25.2. The Morgan fingerprint density at radius 3 is 0.500 bits per heavy atom. The van der Waals surface area contributed by atoms with Gasteiger partial charge in [0.2, 0.25) is 0 Å². The van der Waals surface area contributed by atoms with Crippen LogP contribution in [0.4, 0.5) is 0 Å². The minimum atomic E-state index is -1.88. The molecule has 554 valence electrons. The van der Waals surface area contributed by atoms with Gasteiger partial charge in [-0.1, -0.05) is 0 Å². The van der Waals surface area contributed by atoms with Gasteiger partial charge >= 0.3 is 23.9 Å². The summed E-state index contributed by atoms with van der Waals surface area (Å²) in [5.74, 6) is -8.04. The van der Waals surface area contributed by atoms with Crippen LogP contribution in [-0.4, -0.2) is 137 Å². The molecule has 8 aliphatic heterocycles. The lowest BCUT2D eigenvalue weighted by atomic mass is 9.42. The third kappa shape index (κ3) is 18.5. The van der Waals surface area contributed by atoms with Gasteiger partial charge in [-0.25, -0.2) is 0 Å². The Morgan fingerprint density at radius 1 is 0.229 bits per heavy atom. The molecule has 0 bridgehead atoms. The number of hydrogen-bond donors (Lipinski definition) is 8. The van der Waals surface area contributed by atoms with E-state index < -0.39 is 183 Å². The van der Waals surface area contributed by atoms with E-state index in [9.17, 15) is 0 Å². The Kier molecular flexibility index (Phi) is 20.8. The van der Waals surface area contributed by atoms with Crippen molar-refractivity contribution in [2.75, 3.05) is 0 Å². The van der Waals surface area contributed by atoms with Crippen LogP contribution < -0.4 is 42.5 Å². The largest absolute Gasteiger partial charge is 0.462 e. The van der Waals surface area contributed by atoms with Crippen LogP contribution in [0.15, 0.2) is 0 Å². The molecule has 8 heterocycles. The van der Waals surface area contributed by atoms with E-state index in [1.807, 2.05) is 0 Å². The lowest BCUT2D eigenvalue weighted by Gasteiger charge is -2.64. The van der Waals surface area contributed by atoms with Crippen LogP contribution in [0.3, 0.4) is 0 Å². The fourth-order valence-corrected chi connectivity index (χ4v) is 24.7. The molecule has 8 saturated heterocycles. The number of carbonyl (C=O) groups excluding carboxylic acids is 4. The average Bonchev–Trinajstić information content (AvgIpc) is 0.688. The summed E-state index contributed by atoms with van der Waals surface area (Å²) in [7, 11) is 0. The van der Waals surface area contributed by atoms with Crippen LogP contribution >= 0.6 is 0 Å². The van der Waals surface area contributed by atoms with E-state index in [0.29, 0.717) is 103 Å². The first kappa shape index (κ1) is 79.3. The molecule has 8 aliphatic rings. The lowest BCUT2D eigenvalue weighted by Crippen LogP contribution is -2.73. The van der Waals surface area contributed by atoms with Crippen LogP contribution in [0.5, 0.6) is 0 Å². The van der Waals surface area contributed by atoms with Gasteiger partial charge < -0.3 is 61.5 Å². The summed E-state index contributed by atoms with van der Waals surface area (Å²) >= 11 is 0. The summed E-state index contributed by atoms with van der Waals surface area (Å²) in [6.07, 6.45) is 5.11. The summed E-state index contributed by atoms with van der Waals surface area (Å²) in [5, 5.41) is 31.7. The number of ether oxygens (including phenoxy) is 4. The van der Waals surface area contributed by atoms with Crippen LogP contribution in [0.1, 0.15) is 324 Å². The van der Waals surface area contributed by atoms with Crippen molar-refractivity contribution in [1.29, 1.82) is 0 Å². The Morgan fingerprint density at radius 2 is 0.354 bits per heavy atom. The molecule has 8 fully saturated rings. The maximum atomic E-state index is 18.7. The van der Waals surface area contributed by atoms with Crippen molar-refractivity contribution in [3.8, 4) is 0 Å². The number of esters is 4. The molecule has 0 aromatic heterocycles. The first-order valence-corrected chi connectivity index (χ1v) is 37.9. The minimum Gasteiger partial charge on any atom is -0.462 e. The molecule has 16 nitrogen and oxygen atoms in total. The molecule has 8 rings (SSSR count). The monoisotopic (exact) mass is 1350 g/mol. The number of nitrogens with one attached hydrogen (secondary N) is 8. The van der Waals surface area contributed by atoms with E-state index in [2.05, 4.69) is 264 Å². The summed E-state index contributed by atoms with van der Waals surface area (Å²) in [6, 6.07) is 0. The minimum absolute atomic E-state index is 0.442. The molecule has 0 saturated carbocycles. The normalized spacial score (nSPS) is 30.8. The lowest BCUT2D eigenvalue weighted by molar-refractivity contribution is -0.227. The molecule has 2 atom stereocenters. The summed E-state index contributed by atoms with van der Waals surface area (Å²) in [6.45, 7) is 70.5. The van der Waals surface area contributed by atoms with Gasteiger partial charge in [0.25, 0.3) is 0 Å². The van der Waals surface area contributed by atoms with Gasteiger partial charge in [0.05, 0.1) is 22.7 Å². The van der Waals surface area contributed by atoms with Crippen molar-refractivity contribution in [3.05, 3.63) is 0 Å². The molecule has 96 heavy (non-hydrogen) atoms. The predicted molar refractivity (Wildman–Crippen MR) is 390 cm³/mol. The zero-order valence-corrected chi connectivity index (χ0v) is 67.4. The maximum Gasteiger partial charge on any atom is 0.313 e. The van der Waals surface area contributed by atoms with Gasteiger partial charge in [-0.15, -0.1) is 0 Å². The average molecular weight is 1350 g/mol. The molecule has 0 spiro atoms. The van der Waals surface area contributed by atoms with Gasteiger partial charge in [0.15, 0.2) is 0 Å². The molecule has 8 N–H and O–H groups in total. The maximum absolute atomic E-state index is 18.7. The third-order valence-electron chi connectivity index (χ3n) is 23.8. The fourth-order valence-electron chi connectivity index (χ4n) is 24.7. The van der Waals surface area contributed by atoms with Crippen LogP contribution in [-0.2, 0) is 38.1 Å². The van der Waals surface area contributed by atoms with Crippen LogP contribution in [0.25, 0.3) is 0 Å². The molecular formula is C80H146N8O8. The van der Waals surface area contributed by atoms with Crippen molar-refractivity contribution in [3.63, 3.8) is 0 Å². The van der Waals surface area contributed by atoms with E-state index in [1.54, 1.807) is 0 Å². The predicted octanol–water partition coefficient (Wildman–Crippen LogP) is 13.8. The van der Waals surface area contributed by atoms with Crippen molar-refractivity contribution in [2.45, 2.75) is 437 Å². The van der Waals surface area contributed by atoms with Crippen molar-refractivity contribution >= 4 is 23.9 Å². The van der Waals surface area contributed by atoms with Gasteiger partial charge in [0.1, 0.15) is 24.4 Å². The molecule has 0 aromatic rings. The van der Waals surface area contributed by atoms with Crippen molar-refractivity contribution in [1.82, 2.24) is 42.5 Å². The van der Waals surface area contributed by atoms with Gasteiger partial charge in [-0.2, -0.15) is 0 Å². The molecular weight excluding hydrogens is 1200 g/mol. The Labute approximate surface area is 585 Å². The SMILES string of the molecule is CC1(C)CC(OC(=O)C(C(C(=O)OC2CC(C)(C)NC(C)(C)C2)C(C(=O)OC2CC(C)(C)NC(C)(C)C2)(C2CC(C)(C)NC(C)(C)C2)C2CC(C)(C)NC(C)(C)C2)C(C(=O)OC2CC(C)(C)NC(C)(C)C2)(C2CC(C)(C)NC(C)(C)C2)C2CC(C)(C)NC(C)(C)C2)CC(C)(C)N1. The van der Waals surface area contributed by atoms with Crippen LogP contribution in [0.2, 0.25) is 0 Å². The van der Waals surface area contributed by atoms with Crippen LogP contribution in [0, 0.1) is 46.3 Å². The third-order valence-corrected chi connectivity index (χ3v) is 23.8. The summed E-state index contributed by atoms with van der Waals surface area (Å²) in [4.78, 5) is 74.6. The fraction of sp³-hybridized carbons (Fsp3) is 0.950. The van der Waals surface area contributed by atoms with Gasteiger partial charge in [0, 0.05) is 140 Å². The molecule has 0 radical (unpaired) electrons. The summed E-state index contributed by atoms with van der Waals surface area (Å²) < 4.78 is 30.9. The van der Waals surface area contributed by atoms with E-state index in [0.717, 1.165) is 0 Å². The molecule has 2 unspecified atom stereocenters. The first-order valence-electron chi connectivity index (χ1n) is 37.9. The zero-order chi connectivity index (χ0) is 72.9. The number of carbonyl (C=O) groups is 4. The van der Waals surface area contributed by atoms with Crippen molar-refractivity contribution < 1.29 is 38.1 Å². The highest BCUT2D eigenvalue weighted by Gasteiger charge is 2.75. The summed E-state index contributed by atoms with van der Waals surface area (Å²) in [5.41, 5.74) is -12.3. The van der Waals surface area contributed by atoms with Crippen molar-refractivity contribution in [2.24, 2.45) is 46.3 Å². The number of piperidine rings is 8. The highest BCUT2D eigenvalue weighted by atomic mass is 16.6. The standard InChI is InChI=1S/C80H146N8O8/c1-63(2)33-49(34-64(3,4)81-63)79(50-35-65(5,6)82-66(7,8)36-50,61(91)95-55-45-75(25,26)87-76(27,28)46-55)57(59(89)93-53-41-71(17,18)85-72(19,20)42-53)58(60(90)94-54-43-73(21,22)86-74(23,24)44-54)80(51-37-67(9,10)83-68(11,12)38-51,52-39-69(13,14)84-70(15,16)40-52)62(92)96-56-47-77(29,30)88-78(31,32)48-56/h49-58,81-88H,33-48H2,1-32H3. The number of rotatable bonds is 15. The van der Waals surface area contributed by atoms with E-state index in [-0.39, 0.29) is 0 Å². The second-order valence-electron chi connectivity index (χ2n) is 44.2. The highest BCUT2D eigenvalue weighted by Crippen LogP contribution is 2.67. The highest BCUT2D eigenvalue weighted by molar-refractivity contribution is 5.95. The molecule has 0 amide bonds. The molecule has 0 aliphatic carbocycles. The van der Waals surface area contributed by atoms with Gasteiger partial charge in [-0.3, -0.25) is 19.2 Å². The Bertz CT molecular complexity index is 2480. The Balaban J connectivity index is 1.65. The number of hydrogen-bond acceptors (Lipinski definition) is 16. The first-order chi connectivity index (χ1) is 42.7. The molecule has 16 heteroatoms. The second-order valence-corrected chi connectivity index (χ2v) is 44.2. The topological polar surface area (TPSA) is 201 Å². The zero-order valence-electron chi connectivity index (χ0n) is 67.4. The van der Waals surface area contributed by atoms with E-state index in [1.165, 1.54) is 0 Å². The van der Waals surface area contributed by atoms with E-state index in [4.69, 9.17) is 18.9 Å². The molecule has 0 aromatic carbocycles. The quantitative estimate of drug-likeness (QED) is 0.0568. The van der Waals surface area contributed by atoms with E-state index >= 15 is 19.2 Å². The Hall–Kier alpha value is -2.44. The van der Waals surface area contributed by atoms with Gasteiger partial charge in [-0.05, 0) is 297 Å². The smallest absolute Gasteiger partial charge is 0.313 e.